The van der Waals surface area contributed by atoms with E-state index in [-0.39, 0.29) is 24.2 Å². The molecule has 98 valence electrons. The monoisotopic (exact) mass is 269 g/mol. The summed E-state index contributed by atoms with van der Waals surface area (Å²) in [5, 5.41) is 3.19. The molecule has 1 aliphatic heterocycles. The van der Waals surface area contributed by atoms with E-state index < -0.39 is 0 Å². The van der Waals surface area contributed by atoms with E-state index in [9.17, 15) is 9.59 Å². The van der Waals surface area contributed by atoms with E-state index in [1.54, 1.807) is 19.0 Å². The lowest BCUT2D eigenvalue weighted by atomic mass is 10.2. The van der Waals surface area contributed by atoms with E-state index in [1.165, 1.54) is 0 Å². The molecular formula is C10H15N5O2S. The standard InChI is InChI=1S/C10H15N5O2S/c1-12-9(17)7-8(11)13-18-10(7)15-4-3-14(2)6(16)5-15/h3-5H2,1-2H3,(H2,11,13)(H,12,17). The molecular weight excluding hydrogens is 254 g/mol. The summed E-state index contributed by atoms with van der Waals surface area (Å²) in [6.45, 7) is 1.56. The lowest BCUT2D eigenvalue weighted by molar-refractivity contribution is -0.129. The number of nitrogens with two attached hydrogens (primary N) is 1. The largest absolute Gasteiger partial charge is 0.382 e. The first-order valence-electron chi connectivity index (χ1n) is 5.50. The molecule has 1 aromatic heterocycles. The number of amides is 2. The van der Waals surface area contributed by atoms with Crippen molar-refractivity contribution < 1.29 is 9.59 Å². The fourth-order valence-electron chi connectivity index (χ4n) is 1.78. The van der Waals surface area contributed by atoms with Crippen LogP contribution in [0.15, 0.2) is 0 Å². The summed E-state index contributed by atoms with van der Waals surface area (Å²) in [4.78, 5) is 26.9. The number of likely N-dealkylation sites (N-methyl/N-ethyl adjacent to an activating group) is 1. The first kappa shape index (κ1) is 12.6. The summed E-state index contributed by atoms with van der Waals surface area (Å²) < 4.78 is 4.00. The van der Waals surface area contributed by atoms with Gasteiger partial charge >= 0.3 is 0 Å². The number of hydrogen-bond donors (Lipinski definition) is 2. The van der Waals surface area contributed by atoms with Gasteiger partial charge in [0.05, 0.1) is 6.54 Å². The van der Waals surface area contributed by atoms with Gasteiger partial charge in [0.25, 0.3) is 5.91 Å². The number of nitrogens with one attached hydrogen (secondary N) is 1. The van der Waals surface area contributed by atoms with Crippen molar-refractivity contribution in [3.8, 4) is 0 Å². The SMILES string of the molecule is CNC(=O)c1c(N)nsc1N1CCN(C)C(=O)C1. The van der Waals surface area contributed by atoms with Crippen LogP contribution in [0.3, 0.4) is 0 Å². The molecule has 18 heavy (non-hydrogen) atoms. The zero-order chi connectivity index (χ0) is 13.3. The van der Waals surface area contributed by atoms with Crippen LogP contribution in [0.1, 0.15) is 10.4 Å². The van der Waals surface area contributed by atoms with Crippen LogP contribution in [-0.4, -0.2) is 54.8 Å². The summed E-state index contributed by atoms with van der Waals surface area (Å²) in [5.74, 6) is -0.0422. The first-order chi connectivity index (χ1) is 8.54. The molecule has 1 aromatic rings. The van der Waals surface area contributed by atoms with Crippen molar-refractivity contribution in [3.05, 3.63) is 5.56 Å². The van der Waals surface area contributed by atoms with Gasteiger partial charge in [-0.3, -0.25) is 9.59 Å². The van der Waals surface area contributed by atoms with Crippen LogP contribution in [0.2, 0.25) is 0 Å². The predicted octanol–water partition coefficient (Wildman–Crippen LogP) is -0.637. The van der Waals surface area contributed by atoms with Crippen molar-refractivity contribution in [1.29, 1.82) is 0 Å². The van der Waals surface area contributed by atoms with Crippen molar-refractivity contribution in [3.63, 3.8) is 0 Å². The van der Waals surface area contributed by atoms with Gasteiger partial charge in [0.1, 0.15) is 10.6 Å². The number of hydrogen-bond acceptors (Lipinski definition) is 6. The van der Waals surface area contributed by atoms with Gasteiger partial charge in [-0.25, -0.2) is 0 Å². The molecule has 7 nitrogen and oxygen atoms in total. The first-order valence-corrected chi connectivity index (χ1v) is 6.28. The third kappa shape index (κ3) is 2.10. The molecule has 2 rings (SSSR count). The molecule has 0 unspecified atom stereocenters. The quantitative estimate of drug-likeness (QED) is 0.745. The highest BCUT2D eigenvalue weighted by molar-refractivity contribution is 7.11. The fourth-order valence-corrected chi connectivity index (χ4v) is 2.62. The van der Waals surface area contributed by atoms with Gasteiger partial charge in [0.15, 0.2) is 5.82 Å². The predicted molar refractivity (Wildman–Crippen MR) is 69.8 cm³/mol. The third-order valence-corrected chi connectivity index (χ3v) is 3.82. The minimum Gasteiger partial charge on any atom is -0.382 e. The number of nitrogens with zero attached hydrogens (tertiary/aromatic N) is 3. The van der Waals surface area contributed by atoms with Crippen LogP contribution >= 0.6 is 11.5 Å². The summed E-state index contributed by atoms with van der Waals surface area (Å²) >= 11 is 1.15. The van der Waals surface area contributed by atoms with Gasteiger partial charge in [-0.1, -0.05) is 0 Å². The molecule has 0 aromatic carbocycles. The molecule has 1 fully saturated rings. The molecule has 0 spiro atoms. The second-order valence-corrected chi connectivity index (χ2v) is 4.82. The molecule has 0 radical (unpaired) electrons. The van der Waals surface area contributed by atoms with Gasteiger partial charge in [0, 0.05) is 27.2 Å². The van der Waals surface area contributed by atoms with Crippen LogP contribution in [0, 0.1) is 0 Å². The summed E-state index contributed by atoms with van der Waals surface area (Å²) in [6, 6.07) is 0. The maximum Gasteiger partial charge on any atom is 0.257 e. The van der Waals surface area contributed by atoms with Gasteiger partial charge in [-0.2, -0.15) is 4.37 Å². The van der Waals surface area contributed by atoms with E-state index in [0.29, 0.717) is 23.7 Å². The Kier molecular flexibility index (Phi) is 3.37. The number of carbonyl (C=O) groups excluding carboxylic acids is 2. The van der Waals surface area contributed by atoms with E-state index in [2.05, 4.69) is 9.69 Å². The second kappa shape index (κ2) is 4.81. The van der Waals surface area contributed by atoms with Gasteiger partial charge in [0.2, 0.25) is 5.91 Å². The van der Waals surface area contributed by atoms with Crippen LogP contribution < -0.4 is 16.0 Å². The molecule has 8 heteroatoms. The Morgan fingerprint density at radius 1 is 1.50 bits per heavy atom. The molecule has 2 heterocycles. The van der Waals surface area contributed by atoms with E-state index >= 15 is 0 Å². The normalized spacial score (nSPS) is 16.0. The van der Waals surface area contributed by atoms with Crippen molar-refractivity contribution >= 4 is 34.2 Å². The van der Waals surface area contributed by atoms with Crippen molar-refractivity contribution in [2.24, 2.45) is 0 Å². The lowest BCUT2D eigenvalue weighted by Gasteiger charge is -2.32. The number of aromatic nitrogens is 1. The van der Waals surface area contributed by atoms with E-state index in [1.807, 2.05) is 4.90 Å². The Morgan fingerprint density at radius 3 is 2.83 bits per heavy atom. The topological polar surface area (TPSA) is 91.6 Å². The molecule has 1 aliphatic rings. The van der Waals surface area contributed by atoms with Gasteiger partial charge in [-0.05, 0) is 11.5 Å². The number of rotatable bonds is 2. The number of nitrogen functional groups attached to an aromatic ring is 1. The highest BCUT2D eigenvalue weighted by atomic mass is 32.1. The zero-order valence-corrected chi connectivity index (χ0v) is 11.1. The van der Waals surface area contributed by atoms with Crippen molar-refractivity contribution in [1.82, 2.24) is 14.6 Å². The number of carbonyl (C=O) groups is 2. The smallest absolute Gasteiger partial charge is 0.257 e. The molecule has 2 amide bonds. The average Bonchev–Trinajstić information content (AvgIpc) is 2.74. The van der Waals surface area contributed by atoms with Gasteiger partial charge < -0.3 is 20.9 Å². The summed E-state index contributed by atoms with van der Waals surface area (Å²) in [7, 11) is 3.30. The Balaban J connectivity index is 2.29. The third-order valence-electron chi connectivity index (χ3n) is 2.90. The molecule has 1 saturated heterocycles. The maximum atomic E-state index is 11.8. The molecule has 0 aliphatic carbocycles. The zero-order valence-electron chi connectivity index (χ0n) is 10.3. The Labute approximate surface area is 109 Å². The van der Waals surface area contributed by atoms with Gasteiger partial charge in [-0.15, -0.1) is 0 Å². The number of anilines is 2. The highest BCUT2D eigenvalue weighted by Crippen LogP contribution is 2.31. The minimum atomic E-state index is -0.275. The lowest BCUT2D eigenvalue weighted by Crippen LogP contribution is -2.48. The highest BCUT2D eigenvalue weighted by Gasteiger charge is 2.28. The molecule has 0 saturated carbocycles. The Bertz CT molecular complexity index is 487. The van der Waals surface area contributed by atoms with Crippen molar-refractivity contribution in [2.75, 3.05) is 44.4 Å². The number of piperazine rings is 1. The van der Waals surface area contributed by atoms with E-state index in [4.69, 9.17) is 5.73 Å². The second-order valence-electron chi connectivity index (χ2n) is 4.06. The Morgan fingerprint density at radius 2 is 2.22 bits per heavy atom. The summed E-state index contributed by atoms with van der Waals surface area (Å²) in [6.07, 6.45) is 0. The van der Waals surface area contributed by atoms with E-state index in [0.717, 1.165) is 11.5 Å². The van der Waals surface area contributed by atoms with Crippen LogP contribution in [-0.2, 0) is 4.79 Å². The van der Waals surface area contributed by atoms with Crippen LogP contribution in [0.4, 0.5) is 10.8 Å². The van der Waals surface area contributed by atoms with Crippen LogP contribution in [0.25, 0.3) is 0 Å². The molecule has 3 N–H and O–H groups in total. The maximum absolute atomic E-state index is 11.8. The Hall–Kier alpha value is -1.83. The summed E-state index contributed by atoms with van der Waals surface area (Å²) in [5.41, 5.74) is 6.06. The van der Waals surface area contributed by atoms with Crippen molar-refractivity contribution in [2.45, 2.75) is 0 Å². The molecule has 0 atom stereocenters. The van der Waals surface area contributed by atoms with Crippen LogP contribution in [0.5, 0.6) is 0 Å². The average molecular weight is 269 g/mol. The minimum absolute atomic E-state index is 0.0241. The fraction of sp³-hybridized carbons (Fsp3) is 0.500. The molecule has 0 bridgehead atoms.